The molecule has 2 unspecified atom stereocenters. The van der Waals surface area contributed by atoms with Gasteiger partial charge in [0.05, 0.1) is 18.4 Å². The van der Waals surface area contributed by atoms with Crippen molar-refractivity contribution >= 4 is 11.6 Å². The fourth-order valence-corrected chi connectivity index (χ4v) is 2.53. The number of hydrogen-bond donors (Lipinski definition) is 1. The van der Waals surface area contributed by atoms with Crippen LogP contribution in [-0.2, 0) is 0 Å². The zero-order chi connectivity index (χ0) is 14.0. The first kappa shape index (κ1) is 13.7. The zero-order valence-electron chi connectivity index (χ0n) is 11.8. The smallest absolute Gasteiger partial charge is 0.256 e. The molecule has 1 fully saturated rings. The summed E-state index contributed by atoms with van der Waals surface area (Å²) < 4.78 is 5.17. The van der Waals surface area contributed by atoms with E-state index in [1.54, 1.807) is 25.3 Å². The molecule has 1 aromatic rings. The van der Waals surface area contributed by atoms with Gasteiger partial charge in [0, 0.05) is 13.1 Å². The van der Waals surface area contributed by atoms with E-state index in [-0.39, 0.29) is 5.91 Å². The summed E-state index contributed by atoms with van der Waals surface area (Å²) in [7, 11) is 1.56. The Morgan fingerprint density at radius 2 is 2.11 bits per heavy atom. The number of amides is 1. The first-order valence-corrected chi connectivity index (χ1v) is 6.76. The molecule has 0 aromatic heterocycles. The largest absolute Gasteiger partial charge is 0.495 e. The summed E-state index contributed by atoms with van der Waals surface area (Å²) in [5, 5.41) is 0. The summed E-state index contributed by atoms with van der Waals surface area (Å²) >= 11 is 0. The maximum Gasteiger partial charge on any atom is 0.256 e. The molecule has 4 heteroatoms. The Bertz CT molecular complexity index is 473. The van der Waals surface area contributed by atoms with Crippen LogP contribution >= 0.6 is 0 Å². The van der Waals surface area contributed by atoms with Gasteiger partial charge in [-0.05, 0) is 30.4 Å². The van der Waals surface area contributed by atoms with Crippen molar-refractivity contribution < 1.29 is 9.53 Å². The number of methoxy groups -OCH3 is 1. The summed E-state index contributed by atoms with van der Waals surface area (Å²) in [5.74, 6) is 1.77. The molecule has 1 amide bonds. The lowest BCUT2D eigenvalue weighted by Crippen LogP contribution is -2.42. The third-order valence-electron chi connectivity index (χ3n) is 4.14. The van der Waals surface area contributed by atoms with Crippen LogP contribution < -0.4 is 10.5 Å². The predicted molar refractivity (Wildman–Crippen MR) is 76.3 cm³/mol. The highest BCUT2D eigenvalue weighted by Crippen LogP contribution is 2.28. The van der Waals surface area contributed by atoms with Crippen molar-refractivity contribution in [3.8, 4) is 5.75 Å². The standard InChI is InChI=1S/C15H22N2O2/c1-10-7-8-17(9-11(10)2)15(18)12-5-4-6-13(19-3)14(12)16/h4-6,10-11H,7-9,16H2,1-3H3. The summed E-state index contributed by atoms with van der Waals surface area (Å²) in [6.07, 6.45) is 1.05. The molecule has 19 heavy (non-hydrogen) atoms. The number of carbonyl (C=O) groups excluding carboxylic acids is 1. The molecule has 0 saturated carbocycles. The van der Waals surface area contributed by atoms with E-state index < -0.39 is 0 Å². The number of piperidine rings is 1. The Morgan fingerprint density at radius 3 is 2.74 bits per heavy atom. The Labute approximate surface area is 114 Å². The van der Waals surface area contributed by atoms with E-state index >= 15 is 0 Å². The molecular formula is C15H22N2O2. The fraction of sp³-hybridized carbons (Fsp3) is 0.533. The molecule has 1 heterocycles. The fourth-order valence-electron chi connectivity index (χ4n) is 2.53. The molecule has 1 aliphatic rings. The van der Waals surface area contributed by atoms with E-state index in [9.17, 15) is 4.79 Å². The molecule has 1 saturated heterocycles. The number of nitrogen functional groups attached to an aromatic ring is 1. The quantitative estimate of drug-likeness (QED) is 0.833. The van der Waals surface area contributed by atoms with Crippen LogP contribution in [0.25, 0.3) is 0 Å². The van der Waals surface area contributed by atoms with Gasteiger partial charge in [-0.25, -0.2) is 0 Å². The molecule has 0 aliphatic carbocycles. The SMILES string of the molecule is COc1cccc(C(=O)N2CCC(C)C(C)C2)c1N. The summed E-state index contributed by atoms with van der Waals surface area (Å²) in [6, 6.07) is 5.34. The van der Waals surface area contributed by atoms with Crippen LogP contribution in [0.1, 0.15) is 30.6 Å². The molecule has 104 valence electrons. The molecule has 2 atom stereocenters. The van der Waals surface area contributed by atoms with Crippen molar-refractivity contribution in [3.05, 3.63) is 23.8 Å². The maximum atomic E-state index is 12.5. The van der Waals surface area contributed by atoms with E-state index in [1.165, 1.54) is 0 Å². The average molecular weight is 262 g/mol. The lowest BCUT2D eigenvalue weighted by molar-refractivity contribution is 0.0628. The van der Waals surface area contributed by atoms with Crippen LogP contribution in [-0.4, -0.2) is 31.0 Å². The number of rotatable bonds is 2. The van der Waals surface area contributed by atoms with Gasteiger partial charge in [0.15, 0.2) is 0 Å². The topological polar surface area (TPSA) is 55.6 Å². The van der Waals surface area contributed by atoms with Crippen LogP contribution in [0.2, 0.25) is 0 Å². The van der Waals surface area contributed by atoms with Gasteiger partial charge in [-0.2, -0.15) is 0 Å². The van der Waals surface area contributed by atoms with Gasteiger partial charge >= 0.3 is 0 Å². The summed E-state index contributed by atoms with van der Waals surface area (Å²) in [5.41, 5.74) is 6.97. The first-order valence-electron chi connectivity index (χ1n) is 6.76. The minimum absolute atomic E-state index is 0.00940. The monoisotopic (exact) mass is 262 g/mol. The molecular weight excluding hydrogens is 240 g/mol. The number of nitrogens with two attached hydrogens (primary N) is 1. The van der Waals surface area contributed by atoms with E-state index in [0.717, 1.165) is 19.5 Å². The molecule has 0 radical (unpaired) electrons. The number of ether oxygens (including phenoxy) is 1. The summed E-state index contributed by atoms with van der Waals surface area (Å²) in [6.45, 7) is 6.04. The number of likely N-dealkylation sites (tertiary alicyclic amines) is 1. The van der Waals surface area contributed by atoms with Crippen molar-refractivity contribution in [2.75, 3.05) is 25.9 Å². The third kappa shape index (κ3) is 2.67. The second-order valence-electron chi connectivity index (χ2n) is 5.42. The number of nitrogens with zero attached hydrogens (tertiary/aromatic N) is 1. The molecule has 0 spiro atoms. The Hall–Kier alpha value is -1.71. The van der Waals surface area contributed by atoms with Gasteiger partial charge in [0.2, 0.25) is 0 Å². The maximum absolute atomic E-state index is 12.5. The van der Waals surface area contributed by atoms with Crippen LogP contribution in [0.5, 0.6) is 5.75 Å². The highest BCUT2D eigenvalue weighted by atomic mass is 16.5. The van der Waals surface area contributed by atoms with Crippen molar-refractivity contribution in [1.29, 1.82) is 0 Å². The summed E-state index contributed by atoms with van der Waals surface area (Å²) in [4.78, 5) is 14.4. The molecule has 1 aliphatic heterocycles. The molecule has 2 N–H and O–H groups in total. The number of para-hydroxylation sites is 1. The van der Waals surface area contributed by atoms with Crippen molar-refractivity contribution in [3.63, 3.8) is 0 Å². The van der Waals surface area contributed by atoms with Crippen LogP contribution in [0.4, 0.5) is 5.69 Å². The third-order valence-corrected chi connectivity index (χ3v) is 4.14. The number of carbonyl (C=O) groups is 1. The van der Waals surface area contributed by atoms with E-state index in [4.69, 9.17) is 10.5 Å². The lowest BCUT2D eigenvalue weighted by Gasteiger charge is -2.35. The minimum atomic E-state index is 0.00940. The van der Waals surface area contributed by atoms with Crippen LogP contribution in [0, 0.1) is 11.8 Å². The Kier molecular flexibility index (Phi) is 3.98. The van der Waals surface area contributed by atoms with Gasteiger partial charge in [0.1, 0.15) is 5.75 Å². The predicted octanol–water partition coefficient (Wildman–Crippen LogP) is 2.40. The lowest BCUT2D eigenvalue weighted by atomic mass is 9.88. The van der Waals surface area contributed by atoms with E-state index in [1.807, 2.05) is 4.90 Å². The van der Waals surface area contributed by atoms with Crippen LogP contribution in [0.15, 0.2) is 18.2 Å². The Morgan fingerprint density at radius 1 is 1.37 bits per heavy atom. The van der Waals surface area contributed by atoms with Crippen molar-refractivity contribution in [2.45, 2.75) is 20.3 Å². The molecule has 0 bridgehead atoms. The van der Waals surface area contributed by atoms with Crippen LogP contribution in [0.3, 0.4) is 0 Å². The van der Waals surface area contributed by atoms with Crippen molar-refractivity contribution in [2.24, 2.45) is 11.8 Å². The zero-order valence-corrected chi connectivity index (χ0v) is 11.8. The second kappa shape index (κ2) is 5.51. The number of benzene rings is 1. The molecule has 2 rings (SSSR count). The highest BCUT2D eigenvalue weighted by Gasteiger charge is 2.27. The van der Waals surface area contributed by atoms with Gasteiger partial charge < -0.3 is 15.4 Å². The second-order valence-corrected chi connectivity index (χ2v) is 5.42. The van der Waals surface area contributed by atoms with E-state index in [0.29, 0.717) is 28.8 Å². The highest BCUT2D eigenvalue weighted by molar-refractivity contribution is 6.00. The molecule has 4 nitrogen and oxygen atoms in total. The average Bonchev–Trinajstić information content (AvgIpc) is 2.41. The van der Waals surface area contributed by atoms with Gasteiger partial charge in [0.25, 0.3) is 5.91 Å². The first-order chi connectivity index (χ1) is 9.04. The number of hydrogen-bond acceptors (Lipinski definition) is 3. The minimum Gasteiger partial charge on any atom is -0.495 e. The number of anilines is 1. The van der Waals surface area contributed by atoms with Gasteiger partial charge in [-0.3, -0.25) is 4.79 Å². The van der Waals surface area contributed by atoms with E-state index in [2.05, 4.69) is 13.8 Å². The Balaban J connectivity index is 2.20. The normalized spacial score (nSPS) is 23.2. The van der Waals surface area contributed by atoms with Gasteiger partial charge in [-0.15, -0.1) is 0 Å². The van der Waals surface area contributed by atoms with Crippen molar-refractivity contribution in [1.82, 2.24) is 4.90 Å². The van der Waals surface area contributed by atoms with Gasteiger partial charge in [-0.1, -0.05) is 19.9 Å². The molecule has 1 aromatic carbocycles.